The molecule has 1 aromatic carbocycles. The number of nitrogens with zero attached hydrogens (tertiary/aromatic N) is 2. The topological polar surface area (TPSA) is 73.8 Å². The van der Waals surface area contributed by atoms with E-state index in [0.717, 1.165) is 5.56 Å². The number of thiazole rings is 1. The number of hydrogen-bond acceptors (Lipinski definition) is 6. The molecule has 160 valence electrons. The summed E-state index contributed by atoms with van der Waals surface area (Å²) in [4.78, 5) is 31.2. The summed E-state index contributed by atoms with van der Waals surface area (Å²) >= 11 is 4.54. The van der Waals surface area contributed by atoms with Crippen molar-refractivity contribution in [2.45, 2.75) is 32.7 Å². The van der Waals surface area contributed by atoms with Crippen LogP contribution in [-0.2, 0) is 9.53 Å². The quantitative estimate of drug-likeness (QED) is 0.509. The molecule has 0 spiro atoms. The number of carbonyl (C=O) groups excluding carboxylic acids is 1. The van der Waals surface area contributed by atoms with E-state index in [1.165, 1.54) is 24.0 Å². The molecule has 0 N–H and O–H groups in total. The highest BCUT2D eigenvalue weighted by atomic mass is 79.9. The Balaban J connectivity index is 1.95. The molecule has 3 heterocycles. The van der Waals surface area contributed by atoms with Gasteiger partial charge in [-0.05, 0) is 52.0 Å². The molecular weight excluding hydrogens is 480 g/mol. The molecule has 1 atom stereocenters. The smallest absolute Gasteiger partial charge is 0.338 e. The first-order chi connectivity index (χ1) is 14.8. The predicted octanol–water partition coefficient (Wildman–Crippen LogP) is 3.89. The summed E-state index contributed by atoms with van der Waals surface area (Å²) in [6, 6.07) is 10.9. The van der Waals surface area contributed by atoms with Crippen LogP contribution in [-0.4, -0.2) is 17.6 Å². The lowest BCUT2D eigenvalue weighted by Crippen LogP contribution is -2.39. The molecule has 6 nitrogen and oxygen atoms in total. The van der Waals surface area contributed by atoms with Crippen molar-refractivity contribution in [1.29, 1.82) is 0 Å². The summed E-state index contributed by atoms with van der Waals surface area (Å²) in [7, 11) is 1.33. The van der Waals surface area contributed by atoms with Crippen LogP contribution in [0.2, 0.25) is 0 Å². The molecule has 3 aromatic rings. The van der Waals surface area contributed by atoms with E-state index in [0.29, 0.717) is 37.0 Å². The van der Waals surface area contributed by atoms with Gasteiger partial charge in [0.05, 0.1) is 29.0 Å². The minimum absolute atomic E-state index is 0.233. The van der Waals surface area contributed by atoms with E-state index in [1.807, 2.05) is 24.3 Å². The average Bonchev–Trinajstić information content (AvgIpc) is 3.29. The maximum absolute atomic E-state index is 13.4. The van der Waals surface area contributed by atoms with Crippen LogP contribution in [0.5, 0.6) is 0 Å². The Morgan fingerprint density at radius 1 is 1.26 bits per heavy atom. The van der Waals surface area contributed by atoms with Crippen LogP contribution in [0.15, 0.2) is 66.5 Å². The SMILES string of the molecule is COC(=O)C1=C(C)N=c2sc(=Cc3ccc(Br)o3)c(=O)n2[C@H]1c1ccc(C(C)C)cc1. The van der Waals surface area contributed by atoms with Gasteiger partial charge >= 0.3 is 5.97 Å². The number of rotatable bonds is 4. The van der Waals surface area contributed by atoms with Crippen LogP contribution in [0.1, 0.15) is 49.6 Å². The molecule has 8 heteroatoms. The third-order valence-corrected chi connectivity index (χ3v) is 6.62. The number of esters is 1. The second-order valence-corrected chi connectivity index (χ2v) is 9.33. The molecule has 0 unspecified atom stereocenters. The Hall–Kier alpha value is -2.71. The van der Waals surface area contributed by atoms with E-state index >= 15 is 0 Å². The maximum Gasteiger partial charge on any atom is 0.338 e. The number of carbonyl (C=O) groups is 1. The summed E-state index contributed by atoms with van der Waals surface area (Å²) in [6.07, 6.45) is 1.69. The number of fused-ring (bicyclic) bond motifs is 1. The highest BCUT2D eigenvalue weighted by Gasteiger charge is 2.33. The van der Waals surface area contributed by atoms with Crippen molar-refractivity contribution >= 4 is 39.3 Å². The van der Waals surface area contributed by atoms with E-state index in [9.17, 15) is 9.59 Å². The Kier molecular flexibility index (Phi) is 5.85. The molecule has 31 heavy (non-hydrogen) atoms. The zero-order valence-corrected chi connectivity index (χ0v) is 19.9. The van der Waals surface area contributed by atoms with Gasteiger partial charge in [-0.15, -0.1) is 0 Å². The van der Waals surface area contributed by atoms with Crippen LogP contribution < -0.4 is 14.9 Å². The molecule has 1 aliphatic heterocycles. The summed E-state index contributed by atoms with van der Waals surface area (Å²) in [6.45, 7) is 6.01. The van der Waals surface area contributed by atoms with Gasteiger partial charge in [0.25, 0.3) is 5.56 Å². The second kappa shape index (κ2) is 8.43. The van der Waals surface area contributed by atoms with E-state index in [-0.39, 0.29) is 5.56 Å². The fourth-order valence-electron chi connectivity index (χ4n) is 3.61. The molecule has 0 bridgehead atoms. The number of aromatic nitrogens is 1. The Labute approximate surface area is 191 Å². The maximum atomic E-state index is 13.4. The Bertz CT molecular complexity index is 1360. The van der Waals surface area contributed by atoms with Gasteiger partial charge in [0, 0.05) is 6.08 Å². The molecule has 0 radical (unpaired) electrons. The molecule has 0 amide bonds. The first kappa shape index (κ1) is 21.5. The van der Waals surface area contributed by atoms with Crippen molar-refractivity contribution in [3.05, 3.63) is 88.9 Å². The summed E-state index contributed by atoms with van der Waals surface area (Å²) < 4.78 is 13.2. The number of ether oxygens (including phenoxy) is 1. The second-order valence-electron chi connectivity index (χ2n) is 7.54. The summed E-state index contributed by atoms with van der Waals surface area (Å²) in [5.41, 5.74) is 2.67. The van der Waals surface area contributed by atoms with Gasteiger partial charge in [-0.1, -0.05) is 49.4 Å². The zero-order valence-electron chi connectivity index (χ0n) is 17.5. The lowest BCUT2D eigenvalue weighted by Gasteiger charge is -2.24. The highest BCUT2D eigenvalue weighted by molar-refractivity contribution is 9.10. The standard InChI is InChI=1S/C23H21BrN2O4S/c1-12(2)14-5-7-15(8-6-14)20-19(22(28)29-4)13(3)25-23-26(20)21(27)17(31-23)11-16-9-10-18(24)30-16/h5-12,20H,1-4H3/t20-/m0/s1. The third-order valence-electron chi connectivity index (χ3n) is 5.21. The van der Waals surface area contributed by atoms with Crippen LogP contribution in [0.4, 0.5) is 0 Å². The number of hydrogen-bond donors (Lipinski definition) is 0. The van der Waals surface area contributed by atoms with E-state index in [1.54, 1.807) is 29.7 Å². The summed E-state index contributed by atoms with van der Waals surface area (Å²) in [5, 5.41) is 0. The fraction of sp³-hybridized carbons (Fsp3) is 0.261. The minimum atomic E-state index is -0.615. The Morgan fingerprint density at radius 2 is 1.97 bits per heavy atom. The largest absolute Gasteiger partial charge is 0.466 e. The fourth-order valence-corrected chi connectivity index (χ4v) is 4.95. The molecule has 0 aliphatic carbocycles. The van der Waals surface area contributed by atoms with Crippen LogP contribution in [0.25, 0.3) is 6.08 Å². The first-order valence-electron chi connectivity index (χ1n) is 9.76. The molecular formula is C23H21BrN2O4S. The van der Waals surface area contributed by atoms with E-state index in [4.69, 9.17) is 9.15 Å². The average molecular weight is 501 g/mol. The van der Waals surface area contributed by atoms with Gasteiger partial charge in [-0.3, -0.25) is 9.36 Å². The predicted molar refractivity (Wildman–Crippen MR) is 123 cm³/mol. The normalized spacial score (nSPS) is 16.5. The molecule has 4 rings (SSSR count). The first-order valence-corrected chi connectivity index (χ1v) is 11.4. The molecule has 0 fully saturated rings. The van der Waals surface area contributed by atoms with Gasteiger partial charge in [0.1, 0.15) is 5.76 Å². The number of benzene rings is 1. The Morgan fingerprint density at radius 3 is 2.55 bits per heavy atom. The van der Waals surface area contributed by atoms with Crippen molar-refractivity contribution < 1.29 is 13.9 Å². The van der Waals surface area contributed by atoms with Gasteiger partial charge < -0.3 is 9.15 Å². The lowest BCUT2D eigenvalue weighted by molar-refractivity contribution is -0.136. The van der Waals surface area contributed by atoms with Crippen LogP contribution >= 0.6 is 27.3 Å². The van der Waals surface area contributed by atoms with Crippen molar-refractivity contribution in [2.24, 2.45) is 4.99 Å². The van der Waals surface area contributed by atoms with Gasteiger partial charge in [0.2, 0.25) is 0 Å². The van der Waals surface area contributed by atoms with E-state index in [2.05, 4.69) is 34.8 Å². The van der Waals surface area contributed by atoms with Crippen LogP contribution in [0.3, 0.4) is 0 Å². The number of methoxy groups -OCH3 is 1. The van der Waals surface area contributed by atoms with Crippen molar-refractivity contribution in [3.63, 3.8) is 0 Å². The molecule has 1 aliphatic rings. The van der Waals surface area contributed by atoms with E-state index < -0.39 is 12.0 Å². The molecule has 0 saturated heterocycles. The van der Waals surface area contributed by atoms with Crippen molar-refractivity contribution in [3.8, 4) is 0 Å². The monoisotopic (exact) mass is 500 g/mol. The van der Waals surface area contributed by atoms with Crippen molar-refractivity contribution in [1.82, 2.24) is 4.57 Å². The number of furan rings is 1. The number of allylic oxidation sites excluding steroid dienone is 1. The summed E-state index contributed by atoms with van der Waals surface area (Å²) in [5.74, 6) is 0.434. The van der Waals surface area contributed by atoms with Gasteiger partial charge in [0.15, 0.2) is 9.47 Å². The van der Waals surface area contributed by atoms with Gasteiger partial charge in [-0.25, -0.2) is 9.79 Å². The highest BCUT2D eigenvalue weighted by Crippen LogP contribution is 2.31. The zero-order chi connectivity index (χ0) is 22.3. The van der Waals surface area contributed by atoms with Gasteiger partial charge in [-0.2, -0.15) is 0 Å². The van der Waals surface area contributed by atoms with Crippen molar-refractivity contribution in [2.75, 3.05) is 7.11 Å². The number of halogens is 1. The minimum Gasteiger partial charge on any atom is -0.466 e. The third kappa shape index (κ3) is 3.97. The lowest BCUT2D eigenvalue weighted by atomic mass is 9.93. The molecule has 0 saturated carbocycles. The van der Waals surface area contributed by atoms with Crippen LogP contribution in [0, 0.1) is 0 Å². The molecule has 2 aromatic heterocycles.